The van der Waals surface area contributed by atoms with Crippen LogP contribution in [-0.4, -0.2) is 47.8 Å². The van der Waals surface area contributed by atoms with Crippen molar-refractivity contribution in [1.29, 1.82) is 0 Å². The van der Waals surface area contributed by atoms with Gasteiger partial charge < -0.3 is 10.2 Å². The molecule has 0 radical (unpaired) electrons. The maximum Gasteiger partial charge on any atom is 0.259 e. The smallest absolute Gasteiger partial charge is 0.259 e. The molecule has 0 fully saturated rings. The van der Waals surface area contributed by atoms with Gasteiger partial charge in [0.1, 0.15) is 12.6 Å². The molecule has 1 heterocycles. The number of nitrogens with one attached hydrogen (secondary N) is 1. The van der Waals surface area contributed by atoms with E-state index in [1.54, 1.807) is 17.9 Å². The van der Waals surface area contributed by atoms with Crippen molar-refractivity contribution in [3.63, 3.8) is 0 Å². The summed E-state index contributed by atoms with van der Waals surface area (Å²) in [6.07, 6.45) is 0.621. The van der Waals surface area contributed by atoms with Crippen LogP contribution in [0.15, 0.2) is 66.7 Å². The van der Waals surface area contributed by atoms with Crippen molar-refractivity contribution >= 4 is 34.2 Å². The van der Waals surface area contributed by atoms with Gasteiger partial charge in [0.05, 0.1) is 5.69 Å². The second-order valence-corrected chi connectivity index (χ2v) is 8.73. The fourth-order valence-electron chi connectivity index (χ4n) is 4.34. The normalized spacial score (nSPS) is 13.5. The number of anilines is 1. The lowest BCUT2D eigenvalue weighted by molar-refractivity contribution is -0.139. The number of nitrogens with zero attached hydrogens (tertiary/aromatic N) is 2. The van der Waals surface area contributed by atoms with E-state index in [9.17, 15) is 14.4 Å². The van der Waals surface area contributed by atoms with Gasteiger partial charge in [-0.25, -0.2) is 0 Å². The van der Waals surface area contributed by atoms with E-state index in [1.165, 1.54) is 4.90 Å². The van der Waals surface area contributed by atoms with Crippen molar-refractivity contribution in [2.75, 3.05) is 18.0 Å². The molecule has 33 heavy (non-hydrogen) atoms. The summed E-state index contributed by atoms with van der Waals surface area (Å²) in [6, 6.07) is 20.5. The zero-order valence-electron chi connectivity index (χ0n) is 19.2. The molecule has 0 saturated heterocycles. The molecule has 4 rings (SSSR count). The van der Waals surface area contributed by atoms with Crippen molar-refractivity contribution in [3.8, 4) is 0 Å². The molecule has 1 aliphatic heterocycles. The minimum atomic E-state index is -0.653. The highest BCUT2D eigenvalue weighted by Gasteiger charge is 2.34. The lowest BCUT2D eigenvalue weighted by Gasteiger charge is -2.31. The number of amides is 3. The molecular weight excluding hydrogens is 414 g/mol. The SMILES string of the molecule is CC(C)NC(=O)[C@H](C)N(CCc1ccccc1)C(=O)CN1C(=O)c2cccc3cccc1c23. The standard InChI is InChI=1S/C27H29N3O3/c1-18(2)28-26(32)19(3)29(16-15-20-9-5-4-6-10-20)24(31)17-30-23-14-8-12-21-11-7-13-22(25(21)23)27(30)33/h4-14,18-19H,15-17H2,1-3H3,(H,28,32)/t19-/m0/s1. The second-order valence-electron chi connectivity index (χ2n) is 8.73. The summed E-state index contributed by atoms with van der Waals surface area (Å²) in [5.74, 6) is -0.641. The van der Waals surface area contributed by atoms with Gasteiger partial charge in [0.15, 0.2) is 0 Å². The van der Waals surface area contributed by atoms with Crippen LogP contribution in [-0.2, 0) is 16.0 Å². The molecule has 3 amide bonds. The Morgan fingerprint density at radius 2 is 1.64 bits per heavy atom. The Hall–Kier alpha value is -3.67. The molecule has 1 aliphatic rings. The third-order valence-corrected chi connectivity index (χ3v) is 6.02. The van der Waals surface area contributed by atoms with Gasteiger partial charge in [0.2, 0.25) is 11.8 Å². The van der Waals surface area contributed by atoms with E-state index in [4.69, 9.17) is 0 Å². The molecule has 6 nitrogen and oxygen atoms in total. The van der Waals surface area contributed by atoms with Crippen molar-refractivity contribution < 1.29 is 14.4 Å². The van der Waals surface area contributed by atoms with Gasteiger partial charge in [0, 0.05) is 23.5 Å². The summed E-state index contributed by atoms with van der Waals surface area (Å²) in [5, 5.41) is 4.74. The van der Waals surface area contributed by atoms with Crippen molar-refractivity contribution in [1.82, 2.24) is 10.2 Å². The second kappa shape index (κ2) is 9.45. The summed E-state index contributed by atoms with van der Waals surface area (Å²) < 4.78 is 0. The molecular formula is C27H29N3O3. The molecule has 1 N–H and O–H groups in total. The minimum absolute atomic E-state index is 0.0294. The molecule has 6 heteroatoms. The van der Waals surface area contributed by atoms with Gasteiger partial charge in [-0.05, 0) is 50.3 Å². The summed E-state index contributed by atoms with van der Waals surface area (Å²) in [7, 11) is 0. The molecule has 0 saturated carbocycles. The lowest BCUT2D eigenvalue weighted by Crippen LogP contribution is -2.52. The lowest BCUT2D eigenvalue weighted by atomic mass is 10.1. The Morgan fingerprint density at radius 3 is 2.33 bits per heavy atom. The average molecular weight is 444 g/mol. The minimum Gasteiger partial charge on any atom is -0.352 e. The fourth-order valence-corrected chi connectivity index (χ4v) is 4.34. The first kappa shape index (κ1) is 22.5. The maximum atomic E-state index is 13.5. The first-order valence-electron chi connectivity index (χ1n) is 11.3. The van der Waals surface area contributed by atoms with E-state index in [2.05, 4.69) is 5.32 Å². The van der Waals surface area contributed by atoms with E-state index < -0.39 is 6.04 Å². The number of hydrogen-bond donors (Lipinski definition) is 1. The Kier molecular flexibility index (Phi) is 6.45. The molecule has 3 aromatic rings. The largest absolute Gasteiger partial charge is 0.352 e. The average Bonchev–Trinajstić information content (AvgIpc) is 3.07. The van der Waals surface area contributed by atoms with Gasteiger partial charge >= 0.3 is 0 Å². The number of carbonyl (C=O) groups excluding carboxylic acids is 3. The first-order valence-corrected chi connectivity index (χ1v) is 11.3. The molecule has 0 bridgehead atoms. The molecule has 0 aromatic heterocycles. The molecule has 0 aliphatic carbocycles. The third-order valence-electron chi connectivity index (χ3n) is 6.02. The van der Waals surface area contributed by atoms with Crippen LogP contribution in [0.5, 0.6) is 0 Å². The monoisotopic (exact) mass is 443 g/mol. The number of hydrogen-bond acceptors (Lipinski definition) is 3. The third kappa shape index (κ3) is 4.60. The Bertz CT molecular complexity index is 1180. The van der Waals surface area contributed by atoms with Crippen LogP contribution in [0.25, 0.3) is 10.8 Å². The van der Waals surface area contributed by atoms with E-state index in [0.29, 0.717) is 18.5 Å². The first-order chi connectivity index (χ1) is 15.9. The summed E-state index contributed by atoms with van der Waals surface area (Å²) in [6.45, 7) is 5.79. The van der Waals surface area contributed by atoms with Crippen LogP contribution in [0.4, 0.5) is 5.69 Å². The highest BCUT2D eigenvalue weighted by Crippen LogP contribution is 2.37. The summed E-state index contributed by atoms with van der Waals surface area (Å²) >= 11 is 0. The van der Waals surface area contributed by atoms with Crippen LogP contribution in [0, 0.1) is 0 Å². The number of rotatable bonds is 8. The molecule has 3 aromatic carbocycles. The molecule has 1 atom stereocenters. The van der Waals surface area contributed by atoms with Crippen molar-refractivity contribution in [2.45, 2.75) is 39.3 Å². The van der Waals surface area contributed by atoms with Crippen LogP contribution in [0.2, 0.25) is 0 Å². The number of benzene rings is 3. The van der Waals surface area contributed by atoms with Crippen LogP contribution in [0.1, 0.15) is 36.7 Å². The van der Waals surface area contributed by atoms with Gasteiger partial charge in [-0.1, -0.05) is 54.6 Å². The Labute approximate surface area is 194 Å². The highest BCUT2D eigenvalue weighted by atomic mass is 16.2. The van der Waals surface area contributed by atoms with Crippen LogP contribution < -0.4 is 10.2 Å². The molecule has 0 spiro atoms. The quantitative estimate of drug-likeness (QED) is 0.576. The van der Waals surface area contributed by atoms with Gasteiger partial charge in [-0.2, -0.15) is 0 Å². The summed E-state index contributed by atoms with van der Waals surface area (Å²) in [5.41, 5.74) is 2.43. The van der Waals surface area contributed by atoms with Crippen molar-refractivity contribution in [2.24, 2.45) is 0 Å². The molecule has 0 unspecified atom stereocenters. The summed E-state index contributed by atoms with van der Waals surface area (Å²) in [4.78, 5) is 42.5. The number of carbonyl (C=O) groups is 3. The van der Waals surface area contributed by atoms with Crippen LogP contribution in [0.3, 0.4) is 0 Å². The fraction of sp³-hybridized carbons (Fsp3) is 0.296. The predicted octanol–water partition coefficient (Wildman–Crippen LogP) is 3.78. The predicted molar refractivity (Wildman–Crippen MR) is 130 cm³/mol. The van der Waals surface area contributed by atoms with Gasteiger partial charge in [0.25, 0.3) is 5.91 Å². The van der Waals surface area contributed by atoms with Crippen LogP contribution >= 0.6 is 0 Å². The Balaban J connectivity index is 1.58. The van der Waals surface area contributed by atoms with E-state index in [1.807, 2.05) is 74.5 Å². The topological polar surface area (TPSA) is 69.7 Å². The van der Waals surface area contributed by atoms with Crippen molar-refractivity contribution in [3.05, 3.63) is 77.9 Å². The van der Waals surface area contributed by atoms with E-state index in [0.717, 1.165) is 22.0 Å². The van der Waals surface area contributed by atoms with E-state index >= 15 is 0 Å². The maximum absolute atomic E-state index is 13.5. The zero-order valence-corrected chi connectivity index (χ0v) is 19.2. The van der Waals surface area contributed by atoms with Gasteiger partial charge in [-0.3, -0.25) is 19.3 Å². The highest BCUT2D eigenvalue weighted by molar-refractivity contribution is 6.26. The van der Waals surface area contributed by atoms with Gasteiger partial charge in [-0.15, -0.1) is 0 Å². The molecule has 170 valence electrons. The van der Waals surface area contributed by atoms with E-state index in [-0.39, 0.29) is 30.3 Å². The Morgan fingerprint density at radius 1 is 0.939 bits per heavy atom. The zero-order chi connectivity index (χ0) is 23.5.